The molecule has 2 saturated heterocycles. The number of carbonyl (C=O) groups is 14. The molecule has 35 nitrogen and oxygen atoms in total. The molecule has 3 heterocycles. The number of fused-ring (bicyclic) bond motifs is 1. The third-order valence-corrected chi connectivity index (χ3v) is 17.3. The maximum Gasteiger partial charge on any atom is 0.245 e. The number of guanidine groups is 1. The van der Waals surface area contributed by atoms with Gasteiger partial charge in [0.25, 0.3) is 0 Å². The normalized spacial score (nSPS) is 19.1. The van der Waals surface area contributed by atoms with Gasteiger partial charge >= 0.3 is 0 Å². The van der Waals surface area contributed by atoms with E-state index >= 15 is 0 Å². The lowest BCUT2D eigenvalue weighted by molar-refractivity contribution is -0.142. The molecule has 0 spiro atoms. The Kier molecular flexibility index (Phi) is 31.7. The molecule has 0 bridgehead atoms. The number of likely N-dealkylation sites (N-methyl/N-ethyl adjacent to an activating group) is 1. The summed E-state index contributed by atoms with van der Waals surface area (Å²) in [6.45, 7) is 3.39. The lowest BCUT2D eigenvalue weighted by Crippen LogP contribution is -2.61. The van der Waals surface area contributed by atoms with Gasteiger partial charge in [-0.2, -0.15) is 0 Å². The number of halogens is 1. The van der Waals surface area contributed by atoms with Crippen molar-refractivity contribution in [3.8, 4) is 0 Å². The summed E-state index contributed by atoms with van der Waals surface area (Å²) in [7, 11) is 1.25. The lowest BCUT2D eigenvalue weighted by Gasteiger charge is -2.31. The minimum absolute atomic E-state index is 0.00441. The largest absolute Gasteiger partial charge is 0.370 e. The van der Waals surface area contributed by atoms with Crippen molar-refractivity contribution < 1.29 is 67.1 Å². The van der Waals surface area contributed by atoms with Gasteiger partial charge in [-0.05, 0) is 107 Å². The van der Waals surface area contributed by atoms with Crippen LogP contribution >= 0.6 is 11.6 Å². The van der Waals surface area contributed by atoms with Crippen molar-refractivity contribution in [3.05, 3.63) is 123 Å². The Balaban J connectivity index is 1.33. The Bertz CT molecular complexity index is 3860. The molecule has 36 heteroatoms. The average Bonchev–Trinajstić information content (AvgIpc) is 1.65. The summed E-state index contributed by atoms with van der Waals surface area (Å²) in [5, 5.41) is 31.1. The Morgan fingerprint density at radius 2 is 1.34 bits per heavy atom. The van der Waals surface area contributed by atoms with Crippen molar-refractivity contribution in [3.63, 3.8) is 0 Å². The van der Waals surface area contributed by atoms with Crippen LogP contribution in [0.5, 0.6) is 0 Å². The van der Waals surface area contributed by atoms with E-state index in [0.29, 0.717) is 28.1 Å². The highest BCUT2D eigenvalue weighted by Crippen LogP contribution is 2.22. The average molecular weight is 1460 g/mol. The number of aromatic nitrogens is 1. The molecule has 6 rings (SSSR count). The smallest absolute Gasteiger partial charge is 0.245 e. The summed E-state index contributed by atoms with van der Waals surface area (Å²) in [5.74, 6) is -13.7. The second-order valence-electron chi connectivity index (χ2n) is 25.6. The topological polar surface area (TPSA) is 544 Å². The van der Waals surface area contributed by atoms with Gasteiger partial charge in [0.15, 0.2) is 5.96 Å². The van der Waals surface area contributed by atoms with E-state index in [0.717, 1.165) is 15.7 Å². The summed E-state index contributed by atoms with van der Waals surface area (Å²) < 4.78 is 0. The molecule has 0 aliphatic carbocycles. The second-order valence-corrected chi connectivity index (χ2v) is 26.1. The first-order chi connectivity index (χ1) is 49.5. The van der Waals surface area contributed by atoms with Gasteiger partial charge in [-0.15, -0.1) is 0 Å². The Hall–Kier alpha value is -11.3. The molecule has 0 radical (unpaired) electrons. The zero-order valence-corrected chi connectivity index (χ0v) is 58.8. The fourth-order valence-corrected chi connectivity index (χ4v) is 11.8. The van der Waals surface area contributed by atoms with Crippen LogP contribution < -0.4 is 76.1 Å². The van der Waals surface area contributed by atoms with Crippen LogP contribution in [-0.2, 0) is 86.4 Å². The van der Waals surface area contributed by atoms with Crippen molar-refractivity contribution in [1.82, 2.24) is 68.0 Å². The number of carbonyl (C=O) groups excluding carboxylic acids is 14. The standard InChI is InChI=1S/C68H90ClN21O14/c1-37(2)28-48-61(98)81-47(67(104)90-27-9-14-54(90)66(103)86-53(34-70)58(71)95)23-26-76-56(93)36-89(4)57(94)22-21-46(60(97)79-45(59(96)82-48)13-8-25-77-68(72)73)80-65(102)52(33-55(92)87-88-74)85-64(101)51(32-41-10-7-24-75-35-41)84-63(100)50(30-39-16-19-44(69)20-17-39)83-62(99)49(78-38(3)91)31-40-15-18-42-11-5-6-12-43(42)29-40/h5-7,10-12,15-20,24,29,35,37,45-54H,8-9,13-14,21-23,25-28,30-34,36,70H2,1-4H3,(H2,71,95)(H,76,93)(H,78,91)(H,79,97)(H,80,102)(H,81,98)(H,82,96)(H,83,99)(H,84,100)(H,85,101)(H,86,103)(H4,72,73,77)/t45-,46+,47+,48+,49-,50-,51-,52+,53?,54+/m1/s1. The van der Waals surface area contributed by atoms with Crippen molar-refractivity contribution in [2.24, 2.45) is 39.0 Å². The third kappa shape index (κ3) is 25.9. The van der Waals surface area contributed by atoms with Crippen LogP contribution in [0.1, 0.15) is 95.2 Å². The number of primary amides is 1. The van der Waals surface area contributed by atoms with Gasteiger partial charge in [0, 0.05) is 94.6 Å². The molecule has 0 saturated carbocycles. The zero-order chi connectivity index (χ0) is 76.2. The highest BCUT2D eigenvalue weighted by Gasteiger charge is 2.41. The number of nitrogens with two attached hydrogens (primary N) is 4. The van der Waals surface area contributed by atoms with Crippen molar-refractivity contribution >= 4 is 111 Å². The second kappa shape index (κ2) is 40.4. The van der Waals surface area contributed by atoms with Crippen molar-refractivity contribution in [2.45, 2.75) is 158 Å². The Morgan fingerprint density at radius 1 is 0.712 bits per heavy atom. The van der Waals surface area contributed by atoms with Crippen LogP contribution in [-0.4, -0.2) is 204 Å². The van der Waals surface area contributed by atoms with Gasteiger partial charge in [0.2, 0.25) is 82.7 Å². The predicted molar refractivity (Wildman–Crippen MR) is 379 cm³/mol. The van der Waals surface area contributed by atoms with Crippen molar-refractivity contribution in [2.75, 3.05) is 39.8 Å². The summed E-state index contributed by atoms with van der Waals surface area (Å²) in [4.78, 5) is 210. The number of amides is 14. The number of rotatable bonds is 28. The monoisotopic (exact) mass is 1460 g/mol. The van der Waals surface area contributed by atoms with Gasteiger partial charge in [0.1, 0.15) is 60.4 Å². The minimum Gasteiger partial charge on any atom is -0.370 e. The fraction of sp³-hybridized carbons (Fsp3) is 0.471. The molecule has 558 valence electrons. The zero-order valence-electron chi connectivity index (χ0n) is 58.1. The number of aliphatic imine (C=N–C) groups is 1. The number of nitrogens with zero attached hydrogens (tertiary/aromatic N) is 7. The van der Waals surface area contributed by atoms with Crippen molar-refractivity contribution in [1.29, 1.82) is 0 Å². The molecule has 4 aromatic rings. The number of benzene rings is 3. The van der Waals surface area contributed by atoms with Crippen LogP contribution in [0.3, 0.4) is 0 Å². The molecule has 2 aliphatic rings. The van der Waals surface area contributed by atoms with Gasteiger partial charge in [-0.3, -0.25) is 77.1 Å². The first-order valence-electron chi connectivity index (χ1n) is 33.8. The summed E-state index contributed by atoms with van der Waals surface area (Å²) in [6, 6.07) is 7.16. The third-order valence-electron chi connectivity index (χ3n) is 17.0. The van der Waals surface area contributed by atoms with E-state index in [1.165, 1.54) is 37.3 Å². The summed E-state index contributed by atoms with van der Waals surface area (Å²) in [5.41, 5.74) is 33.1. The fourth-order valence-electron chi connectivity index (χ4n) is 11.7. The summed E-state index contributed by atoms with van der Waals surface area (Å²) >= 11 is 6.23. The maximum absolute atomic E-state index is 15.0. The van der Waals surface area contributed by atoms with E-state index in [2.05, 4.69) is 73.2 Å². The van der Waals surface area contributed by atoms with E-state index in [1.54, 1.807) is 50.2 Å². The number of hydrogen-bond donors (Lipinski definition) is 14. The molecule has 2 aliphatic heterocycles. The highest BCUT2D eigenvalue weighted by molar-refractivity contribution is 6.30. The first kappa shape index (κ1) is 81.6. The maximum atomic E-state index is 15.0. The number of hydrogen-bond acceptors (Lipinski definition) is 17. The van der Waals surface area contributed by atoms with E-state index < -0.39 is 169 Å². The molecule has 14 amide bonds. The predicted octanol–water partition coefficient (Wildman–Crippen LogP) is -2.18. The molecule has 2 fully saturated rings. The SMILES string of the molecule is CC(=O)N[C@H](Cc1ccc2ccccc2c1)C(=O)N[C@H](Cc1ccc(Cl)cc1)C(=O)N[C@H](Cc1cccnc1)C(=O)N[C@@H](CC(=O)N=[N+]=[N-])C(=O)N[C@H]1CCC(=O)N(C)CC(=O)NCC[C@@H](C(=O)N2CCC[C@H]2C(=O)NC(CN)C(N)=O)NC(=O)[C@H](CC(C)C)NC(=O)[C@@H](CCCN=C(N)N)NC1=O. The molecule has 1 aromatic heterocycles. The van der Waals surface area contributed by atoms with Crippen LogP contribution in [0.15, 0.2) is 101 Å². The van der Waals surface area contributed by atoms with Crippen LogP contribution in [0.4, 0.5) is 0 Å². The van der Waals surface area contributed by atoms with E-state index in [-0.39, 0.29) is 89.4 Å². The highest BCUT2D eigenvalue weighted by atomic mass is 35.5. The Morgan fingerprint density at radius 3 is 1.96 bits per heavy atom. The molecule has 3 aromatic carbocycles. The number of azide groups is 1. The molecular formula is C68H90ClN21O14. The molecule has 18 N–H and O–H groups in total. The van der Waals surface area contributed by atoms with Crippen LogP contribution in [0, 0.1) is 5.92 Å². The van der Waals surface area contributed by atoms with Crippen LogP contribution in [0.2, 0.25) is 5.02 Å². The number of pyridine rings is 1. The quantitative estimate of drug-likeness (QED) is 0.00718. The van der Waals surface area contributed by atoms with Gasteiger partial charge in [-0.25, -0.2) is 0 Å². The van der Waals surface area contributed by atoms with E-state index in [9.17, 15) is 72.7 Å². The minimum atomic E-state index is -2.07. The van der Waals surface area contributed by atoms with E-state index in [4.69, 9.17) is 34.5 Å². The molecular weight excluding hydrogens is 1370 g/mol. The van der Waals surface area contributed by atoms with Crippen LogP contribution in [0.25, 0.3) is 21.2 Å². The number of likely N-dealkylation sites (tertiary alicyclic amines) is 1. The Labute approximate surface area is 604 Å². The molecule has 10 atom stereocenters. The first-order valence-corrected chi connectivity index (χ1v) is 34.1. The summed E-state index contributed by atoms with van der Waals surface area (Å²) in [6.07, 6.45) is -0.190. The van der Waals surface area contributed by atoms with E-state index in [1.807, 2.05) is 36.4 Å². The molecule has 104 heavy (non-hydrogen) atoms. The lowest BCUT2D eigenvalue weighted by atomic mass is 9.99. The van der Waals surface area contributed by atoms with Gasteiger partial charge in [-0.1, -0.05) is 86.1 Å². The van der Waals surface area contributed by atoms with Gasteiger partial charge in [0.05, 0.1) is 6.54 Å². The molecule has 1 unspecified atom stereocenters. The van der Waals surface area contributed by atoms with Gasteiger partial charge < -0.3 is 85.9 Å². The number of nitrogens with one attached hydrogen (secondary N) is 10.